The van der Waals surface area contributed by atoms with Crippen LogP contribution in [0.4, 0.5) is 9.52 Å². The zero-order chi connectivity index (χ0) is 20.5. The van der Waals surface area contributed by atoms with Gasteiger partial charge in [-0.1, -0.05) is 53.8 Å². The van der Waals surface area contributed by atoms with Gasteiger partial charge in [-0.05, 0) is 35.9 Å². The number of anilines is 1. The number of carbonyl (C=O) groups is 1. The summed E-state index contributed by atoms with van der Waals surface area (Å²) in [6, 6.07) is 21.5. The molecular weight excluding hydrogens is 399 g/mol. The van der Waals surface area contributed by atoms with E-state index in [4.69, 9.17) is 0 Å². The van der Waals surface area contributed by atoms with Gasteiger partial charge in [0.2, 0.25) is 0 Å². The average Bonchev–Trinajstić information content (AvgIpc) is 3.20. The lowest BCUT2D eigenvalue weighted by atomic mass is 10.2. The maximum absolute atomic E-state index is 13.6. The van der Waals surface area contributed by atoms with Crippen molar-refractivity contribution in [2.75, 3.05) is 4.90 Å². The van der Waals surface area contributed by atoms with Crippen molar-refractivity contribution in [1.82, 2.24) is 15.0 Å². The highest BCUT2D eigenvalue weighted by atomic mass is 32.1. The van der Waals surface area contributed by atoms with Crippen LogP contribution < -0.4 is 4.90 Å². The lowest BCUT2D eigenvalue weighted by Gasteiger charge is -2.19. The Kier molecular flexibility index (Phi) is 4.65. The molecule has 0 bridgehead atoms. The molecule has 3 aromatic carbocycles. The van der Waals surface area contributed by atoms with E-state index in [0.29, 0.717) is 27.4 Å². The maximum Gasteiger partial charge on any atom is 0.280 e. The quantitative estimate of drug-likeness (QED) is 0.404. The summed E-state index contributed by atoms with van der Waals surface area (Å²) in [5.41, 5.74) is 3.19. The second kappa shape index (κ2) is 7.61. The summed E-state index contributed by atoms with van der Waals surface area (Å²) >= 11 is 1.27. The lowest BCUT2D eigenvalue weighted by Crippen LogP contribution is -2.31. The molecule has 0 aliphatic carbocycles. The molecule has 0 saturated carbocycles. The minimum absolute atomic E-state index is 0.232. The van der Waals surface area contributed by atoms with Crippen LogP contribution >= 0.6 is 11.3 Å². The number of thiazole rings is 1. The summed E-state index contributed by atoms with van der Waals surface area (Å²) in [7, 11) is 0. The van der Waals surface area contributed by atoms with E-state index in [1.54, 1.807) is 11.0 Å². The summed E-state index contributed by atoms with van der Waals surface area (Å²) in [4.78, 5) is 28.4. The van der Waals surface area contributed by atoms with Crippen molar-refractivity contribution in [3.63, 3.8) is 0 Å². The van der Waals surface area contributed by atoms with Crippen molar-refractivity contribution in [3.05, 3.63) is 96.1 Å². The van der Waals surface area contributed by atoms with Crippen LogP contribution in [0, 0.1) is 5.82 Å². The van der Waals surface area contributed by atoms with Crippen molar-refractivity contribution in [2.24, 2.45) is 0 Å². The Hall–Kier alpha value is -3.71. The number of aromatic nitrogens is 3. The van der Waals surface area contributed by atoms with Crippen LogP contribution in [0.1, 0.15) is 16.1 Å². The third-order valence-corrected chi connectivity index (χ3v) is 5.71. The molecule has 146 valence electrons. The Morgan fingerprint density at radius 3 is 2.50 bits per heavy atom. The molecule has 0 aliphatic rings. The molecule has 5 aromatic rings. The standard InChI is InChI=1S/C23H15FN4OS/c24-16-10-11-19-21(12-16)30-23(27-19)28(14-15-6-2-1-3-7-15)22(29)20-13-25-17-8-4-5-9-18(17)26-20/h1-13H,14H2. The smallest absolute Gasteiger partial charge is 0.278 e. The highest BCUT2D eigenvalue weighted by molar-refractivity contribution is 7.22. The Labute approximate surface area is 175 Å². The molecule has 7 heteroatoms. The predicted octanol–water partition coefficient (Wildman–Crippen LogP) is 5.23. The van der Waals surface area contributed by atoms with E-state index < -0.39 is 0 Å². The van der Waals surface area contributed by atoms with Gasteiger partial charge in [0.25, 0.3) is 5.91 Å². The SMILES string of the molecule is O=C(c1cnc2ccccc2n1)N(Cc1ccccc1)c1nc2ccc(F)cc2s1. The van der Waals surface area contributed by atoms with Crippen LogP contribution in [-0.4, -0.2) is 20.9 Å². The third-order valence-electron chi connectivity index (χ3n) is 4.67. The number of nitrogens with zero attached hydrogens (tertiary/aromatic N) is 4. The number of carbonyl (C=O) groups excluding carboxylic acids is 1. The average molecular weight is 414 g/mol. The molecule has 0 spiro atoms. The fourth-order valence-corrected chi connectivity index (χ4v) is 4.18. The Morgan fingerprint density at radius 2 is 1.67 bits per heavy atom. The summed E-state index contributed by atoms with van der Waals surface area (Å²) in [5, 5.41) is 0.486. The second-order valence-electron chi connectivity index (χ2n) is 6.73. The molecule has 0 N–H and O–H groups in total. The van der Waals surface area contributed by atoms with Crippen molar-refractivity contribution in [2.45, 2.75) is 6.54 Å². The molecule has 1 amide bonds. The van der Waals surface area contributed by atoms with Gasteiger partial charge in [0, 0.05) is 0 Å². The van der Waals surface area contributed by atoms with E-state index in [0.717, 1.165) is 11.1 Å². The Bertz CT molecular complexity index is 1370. The first-order valence-electron chi connectivity index (χ1n) is 9.31. The number of rotatable bonds is 4. The Morgan fingerprint density at radius 1 is 0.900 bits per heavy atom. The van der Waals surface area contributed by atoms with Crippen LogP contribution in [0.5, 0.6) is 0 Å². The molecule has 0 radical (unpaired) electrons. The van der Waals surface area contributed by atoms with Gasteiger partial charge in [-0.2, -0.15) is 0 Å². The van der Waals surface area contributed by atoms with Crippen LogP contribution in [0.15, 0.2) is 79.0 Å². The van der Waals surface area contributed by atoms with Crippen LogP contribution in [0.3, 0.4) is 0 Å². The molecule has 2 aromatic heterocycles. The number of benzene rings is 3. The van der Waals surface area contributed by atoms with E-state index in [9.17, 15) is 9.18 Å². The number of hydrogen-bond acceptors (Lipinski definition) is 5. The molecular formula is C23H15FN4OS. The summed E-state index contributed by atoms with van der Waals surface area (Å²) in [6.07, 6.45) is 1.48. The van der Waals surface area contributed by atoms with Crippen LogP contribution in [0.2, 0.25) is 0 Å². The molecule has 0 atom stereocenters. The van der Waals surface area contributed by atoms with Gasteiger partial charge in [0.1, 0.15) is 11.5 Å². The number of hydrogen-bond donors (Lipinski definition) is 0. The predicted molar refractivity (Wildman–Crippen MR) is 116 cm³/mol. The zero-order valence-electron chi connectivity index (χ0n) is 15.7. The third kappa shape index (κ3) is 3.51. The highest BCUT2D eigenvalue weighted by Gasteiger charge is 2.23. The van der Waals surface area contributed by atoms with Gasteiger partial charge in [0.05, 0.1) is 34.0 Å². The summed E-state index contributed by atoms with van der Waals surface area (Å²) in [5.74, 6) is -0.643. The molecule has 2 heterocycles. The number of halogens is 1. The fraction of sp³-hybridized carbons (Fsp3) is 0.0435. The van der Waals surface area contributed by atoms with Crippen molar-refractivity contribution in [1.29, 1.82) is 0 Å². The number of amides is 1. The monoisotopic (exact) mass is 414 g/mol. The zero-order valence-corrected chi connectivity index (χ0v) is 16.5. The van der Waals surface area contributed by atoms with Gasteiger partial charge in [-0.3, -0.25) is 14.7 Å². The van der Waals surface area contributed by atoms with Gasteiger partial charge in [-0.25, -0.2) is 14.4 Å². The molecule has 0 aliphatic heterocycles. The van der Waals surface area contributed by atoms with Crippen LogP contribution in [0.25, 0.3) is 21.3 Å². The molecule has 0 saturated heterocycles. The first-order chi connectivity index (χ1) is 14.7. The van der Waals surface area contributed by atoms with E-state index in [-0.39, 0.29) is 17.4 Å². The van der Waals surface area contributed by atoms with Crippen molar-refractivity contribution >= 4 is 43.6 Å². The molecule has 5 rings (SSSR count). The summed E-state index contributed by atoms with van der Waals surface area (Å²) < 4.78 is 14.3. The second-order valence-corrected chi connectivity index (χ2v) is 7.74. The van der Waals surface area contributed by atoms with E-state index in [1.165, 1.54) is 29.7 Å². The van der Waals surface area contributed by atoms with E-state index in [1.807, 2.05) is 54.6 Å². The van der Waals surface area contributed by atoms with Gasteiger partial charge < -0.3 is 0 Å². The largest absolute Gasteiger partial charge is 0.280 e. The van der Waals surface area contributed by atoms with Crippen molar-refractivity contribution in [3.8, 4) is 0 Å². The van der Waals surface area contributed by atoms with E-state index in [2.05, 4.69) is 15.0 Å². The first-order valence-corrected chi connectivity index (χ1v) is 10.1. The molecule has 0 fully saturated rings. The minimum Gasteiger partial charge on any atom is -0.278 e. The highest BCUT2D eigenvalue weighted by Crippen LogP contribution is 2.31. The Balaban J connectivity index is 1.59. The van der Waals surface area contributed by atoms with Crippen molar-refractivity contribution < 1.29 is 9.18 Å². The van der Waals surface area contributed by atoms with Gasteiger partial charge in [0.15, 0.2) is 5.13 Å². The topological polar surface area (TPSA) is 59.0 Å². The minimum atomic E-state index is -0.334. The molecule has 30 heavy (non-hydrogen) atoms. The normalized spacial score (nSPS) is 11.1. The fourth-order valence-electron chi connectivity index (χ4n) is 3.19. The number of fused-ring (bicyclic) bond motifs is 2. The molecule has 5 nitrogen and oxygen atoms in total. The lowest BCUT2D eigenvalue weighted by molar-refractivity contribution is 0.0980. The first kappa shape index (κ1) is 18.3. The molecule has 0 unspecified atom stereocenters. The number of para-hydroxylation sites is 2. The van der Waals surface area contributed by atoms with Gasteiger partial charge >= 0.3 is 0 Å². The van der Waals surface area contributed by atoms with Crippen LogP contribution in [-0.2, 0) is 6.54 Å². The van der Waals surface area contributed by atoms with Gasteiger partial charge in [-0.15, -0.1) is 0 Å². The maximum atomic E-state index is 13.6. The van der Waals surface area contributed by atoms with E-state index >= 15 is 0 Å². The summed E-state index contributed by atoms with van der Waals surface area (Å²) in [6.45, 7) is 0.316.